The first kappa shape index (κ1) is 11.0. The summed E-state index contributed by atoms with van der Waals surface area (Å²) in [7, 11) is 1.74. The number of aliphatic hydroxyl groups excluding tert-OH is 1. The predicted molar refractivity (Wildman–Crippen MR) is 52.8 cm³/mol. The Morgan fingerprint density at radius 2 is 2.38 bits per heavy atom. The van der Waals surface area contributed by atoms with Gasteiger partial charge in [0.05, 0.1) is 6.61 Å². The highest BCUT2D eigenvalue weighted by atomic mass is 16.5. The molecule has 78 valence electrons. The Labute approximate surface area is 80.7 Å². The van der Waals surface area contributed by atoms with Crippen molar-refractivity contribution in [3.8, 4) is 0 Å². The maximum atomic E-state index is 9.14. The highest BCUT2D eigenvalue weighted by molar-refractivity contribution is 4.82. The van der Waals surface area contributed by atoms with Crippen LogP contribution in [0.2, 0.25) is 0 Å². The van der Waals surface area contributed by atoms with Crippen molar-refractivity contribution in [3.63, 3.8) is 0 Å². The fourth-order valence-electron chi connectivity index (χ4n) is 2.09. The van der Waals surface area contributed by atoms with Crippen LogP contribution >= 0.6 is 0 Å². The molecular weight excluding hydrogens is 166 g/mol. The first-order valence-electron chi connectivity index (χ1n) is 5.15. The lowest BCUT2D eigenvalue weighted by molar-refractivity contribution is 0.0993. The molecule has 0 aromatic heterocycles. The number of rotatable bonds is 5. The Morgan fingerprint density at radius 1 is 1.62 bits per heavy atom. The topological polar surface area (TPSA) is 32.7 Å². The zero-order valence-corrected chi connectivity index (χ0v) is 8.70. The fraction of sp³-hybridized carbons (Fsp3) is 1.00. The number of hydrogen-bond acceptors (Lipinski definition) is 3. The number of methoxy groups -OCH3 is 1. The van der Waals surface area contributed by atoms with Crippen LogP contribution in [0.25, 0.3) is 0 Å². The molecule has 1 N–H and O–H groups in total. The van der Waals surface area contributed by atoms with Crippen molar-refractivity contribution in [1.29, 1.82) is 0 Å². The average Bonchev–Trinajstić information content (AvgIpc) is 2.61. The Balaban J connectivity index is 2.31. The summed E-state index contributed by atoms with van der Waals surface area (Å²) in [6, 6.07) is 0.937. The molecule has 1 saturated heterocycles. The number of ether oxygens (including phenoxy) is 1. The minimum absolute atomic E-state index is 0.303. The third kappa shape index (κ3) is 2.93. The fourth-order valence-corrected chi connectivity index (χ4v) is 2.09. The maximum absolute atomic E-state index is 9.14. The van der Waals surface area contributed by atoms with Crippen molar-refractivity contribution in [2.75, 3.05) is 26.9 Å². The van der Waals surface area contributed by atoms with E-state index in [1.807, 2.05) is 0 Å². The number of nitrogens with zero attached hydrogens (tertiary/aromatic N) is 1. The molecule has 2 atom stereocenters. The van der Waals surface area contributed by atoms with Gasteiger partial charge in [-0.3, -0.25) is 4.90 Å². The maximum Gasteiger partial charge on any atom is 0.0586 e. The Morgan fingerprint density at radius 3 is 3.00 bits per heavy atom. The highest BCUT2D eigenvalue weighted by Crippen LogP contribution is 2.20. The quantitative estimate of drug-likeness (QED) is 0.693. The summed E-state index contributed by atoms with van der Waals surface area (Å²) in [5, 5.41) is 9.14. The number of aliphatic hydroxyl groups is 1. The first-order chi connectivity index (χ1) is 6.29. The molecule has 13 heavy (non-hydrogen) atoms. The minimum Gasteiger partial charge on any atom is -0.395 e. The van der Waals surface area contributed by atoms with E-state index in [4.69, 9.17) is 9.84 Å². The molecule has 1 heterocycles. The van der Waals surface area contributed by atoms with Crippen LogP contribution in [0.15, 0.2) is 0 Å². The van der Waals surface area contributed by atoms with Crippen molar-refractivity contribution in [2.45, 2.75) is 38.3 Å². The summed E-state index contributed by atoms with van der Waals surface area (Å²) in [6.07, 6.45) is 3.43. The van der Waals surface area contributed by atoms with Gasteiger partial charge in [0, 0.05) is 25.8 Å². The second-order valence-electron chi connectivity index (χ2n) is 3.85. The van der Waals surface area contributed by atoms with Gasteiger partial charge < -0.3 is 9.84 Å². The Hall–Kier alpha value is -0.120. The molecule has 2 unspecified atom stereocenters. The van der Waals surface area contributed by atoms with Gasteiger partial charge in [-0.05, 0) is 32.7 Å². The summed E-state index contributed by atoms with van der Waals surface area (Å²) in [6.45, 7) is 4.47. The average molecular weight is 187 g/mol. The van der Waals surface area contributed by atoms with E-state index < -0.39 is 0 Å². The number of hydrogen-bond donors (Lipinski definition) is 1. The second-order valence-corrected chi connectivity index (χ2v) is 3.85. The predicted octanol–water partition coefficient (Wildman–Crippen LogP) is 0.868. The van der Waals surface area contributed by atoms with Crippen molar-refractivity contribution < 1.29 is 9.84 Å². The molecule has 0 saturated carbocycles. The summed E-state index contributed by atoms with van der Waals surface area (Å²) in [5.74, 6) is 0. The molecule has 0 aromatic rings. The summed E-state index contributed by atoms with van der Waals surface area (Å²) >= 11 is 0. The van der Waals surface area contributed by atoms with Crippen LogP contribution in [0.4, 0.5) is 0 Å². The molecule has 1 aliphatic rings. The molecule has 1 aliphatic heterocycles. The van der Waals surface area contributed by atoms with E-state index in [-0.39, 0.29) is 0 Å². The third-order valence-electron chi connectivity index (χ3n) is 2.94. The highest BCUT2D eigenvalue weighted by Gasteiger charge is 2.27. The largest absolute Gasteiger partial charge is 0.395 e. The van der Waals surface area contributed by atoms with Gasteiger partial charge in [-0.2, -0.15) is 0 Å². The molecule has 0 amide bonds. The summed E-state index contributed by atoms with van der Waals surface area (Å²) in [5.41, 5.74) is 0. The van der Waals surface area contributed by atoms with E-state index in [1.54, 1.807) is 7.11 Å². The van der Waals surface area contributed by atoms with E-state index >= 15 is 0 Å². The summed E-state index contributed by atoms with van der Waals surface area (Å²) in [4.78, 5) is 2.40. The van der Waals surface area contributed by atoms with Gasteiger partial charge >= 0.3 is 0 Å². The molecule has 0 bridgehead atoms. The van der Waals surface area contributed by atoms with Crippen molar-refractivity contribution >= 4 is 0 Å². The summed E-state index contributed by atoms with van der Waals surface area (Å²) < 4.78 is 5.05. The SMILES string of the molecule is COCCC(C)N1CCCC1CO. The van der Waals surface area contributed by atoms with Crippen LogP contribution in [0.5, 0.6) is 0 Å². The molecule has 1 rings (SSSR count). The van der Waals surface area contributed by atoms with Crippen LogP contribution in [0.3, 0.4) is 0 Å². The van der Waals surface area contributed by atoms with Gasteiger partial charge in [0.25, 0.3) is 0 Å². The molecule has 0 spiro atoms. The smallest absolute Gasteiger partial charge is 0.0586 e. The molecule has 3 heteroatoms. The van der Waals surface area contributed by atoms with E-state index in [2.05, 4.69) is 11.8 Å². The van der Waals surface area contributed by atoms with E-state index in [0.29, 0.717) is 18.7 Å². The lowest BCUT2D eigenvalue weighted by Gasteiger charge is -2.29. The monoisotopic (exact) mass is 187 g/mol. The first-order valence-corrected chi connectivity index (χ1v) is 5.15. The number of likely N-dealkylation sites (tertiary alicyclic amines) is 1. The molecular formula is C10H21NO2. The lowest BCUT2D eigenvalue weighted by Crippen LogP contribution is -2.39. The zero-order valence-electron chi connectivity index (χ0n) is 8.70. The second kappa shape index (κ2) is 5.58. The van der Waals surface area contributed by atoms with E-state index in [0.717, 1.165) is 26.0 Å². The third-order valence-corrected chi connectivity index (χ3v) is 2.94. The van der Waals surface area contributed by atoms with Crippen LogP contribution < -0.4 is 0 Å². The molecule has 3 nitrogen and oxygen atoms in total. The van der Waals surface area contributed by atoms with Crippen LogP contribution in [-0.4, -0.2) is 49.0 Å². The van der Waals surface area contributed by atoms with Gasteiger partial charge in [-0.1, -0.05) is 0 Å². The van der Waals surface area contributed by atoms with Crippen molar-refractivity contribution in [3.05, 3.63) is 0 Å². The van der Waals surface area contributed by atoms with Crippen LogP contribution in [-0.2, 0) is 4.74 Å². The Bertz CT molecular complexity index is 141. The van der Waals surface area contributed by atoms with Crippen molar-refractivity contribution in [1.82, 2.24) is 4.90 Å². The standard InChI is InChI=1S/C10H21NO2/c1-9(5-7-13-2)11-6-3-4-10(11)8-12/h9-10,12H,3-8H2,1-2H3. The van der Waals surface area contributed by atoms with Gasteiger partial charge in [-0.15, -0.1) is 0 Å². The van der Waals surface area contributed by atoms with Gasteiger partial charge in [-0.25, -0.2) is 0 Å². The van der Waals surface area contributed by atoms with E-state index in [1.165, 1.54) is 6.42 Å². The van der Waals surface area contributed by atoms with Crippen molar-refractivity contribution in [2.24, 2.45) is 0 Å². The Kier molecular flexibility index (Phi) is 4.70. The minimum atomic E-state index is 0.303. The van der Waals surface area contributed by atoms with Gasteiger partial charge in [0.15, 0.2) is 0 Å². The zero-order chi connectivity index (χ0) is 9.68. The van der Waals surface area contributed by atoms with E-state index in [9.17, 15) is 0 Å². The van der Waals surface area contributed by atoms with Crippen LogP contribution in [0, 0.1) is 0 Å². The molecule has 1 fully saturated rings. The van der Waals surface area contributed by atoms with Gasteiger partial charge in [0.2, 0.25) is 0 Å². The molecule has 0 aliphatic carbocycles. The molecule has 0 radical (unpaired) electrons. The molecule has 0 aromatic carbocycles. The van der Waals surface area contributed by atoms with Gasteiger partial charge in [0.1, 0.15) is 0 Å². The van der Waals surface area contributed by atoms with Crippen LogP contribution in [0.1, 0.15) is 26.2 Å². The lowest BCUT2D eigenvalue weighted by atomic mass is 10.1. The normalized spacial score (nSPS) is 26.5.